The monoisotopic (exact) mass is 314 g/mol. The van der Waals surface area contributed by atoms with Crippen molar-refractivity contribution in [3.05, 3.63) is 34.9 Å². The van der Waals surface area contributed by atoms with Crippen LogP contribution in [0.4, 0.5) is 0 Å². The van der Waals surface area contributed by atoms with Crippen molar-refractivity contribution in [2.45, 2.75) is 45.6 Å². The minimum Gasteiger partial charge on any atom is -0.349 e. The number of hydrogen-bond donors (Lipinski definition) is 1. The highest BCUT2D eigenvalue weighted by Gasteiger charge is 2.36. The van der Waals surface area contributed by atoms with Crippen molar-refractivity contribution in [3.63, 3.8) is 0 Å². The number of nitrogens with one attached hydrogen (secondary N) is 1. The van der Waals surface area contributed by atoms with Gasteiger partial charge in [0.2, 0.25) is 0 Å². The van der Waals surface area contributed by atoms with E-state index in [0.717, 1.165) is 25.7 Å². The van der Waals surface area contributed by atoms with E-state index in [2.05, 4.69) is 5.32 Å². The molecule has 0 saturated heterocycles. The molecule has 1 aromatic carbocycles. The fraction of sp³-hybridized carbons (Fsp3) is 0.500. The molecule has 5 nitrogen and oxygen atoms in total. The maximum atomic E-state index is 12.4. The summed E-state index contributed by atoms with van der Waals surface area (Å²) in [7, 11) is 0. The smallest absolute Gasteiger partial charge is 0.261 e. The van der Waals surface area contributed by atoms with Gasteiger partial charge in [-0.2, -0.15) is 0 Å². The highest BCUT2D eigenvalue weighted by atomic mass is 16.2. The van der Waals surface area contributed by atoms with E-state index >= 15 is 0 Å². The third kappa shape index (κ3) is 3.00. The first kappa shape index (κ1) is 15.7. The minimum absolute atomic E-state index is 0.165. The van der Waals surface area contributed by atoms with Crippen LogP contribution in [0.1, 0.15) is 70.6 Å². The molecular weight excluding hydrogens is 292 g/mol. The van der Waals surface area contributed by atoms with Gasteiger partial charge >= 0.3 is 0 Å². The molecule has 0 unspecified atom stereocenters. The van der Waals surface area contributed by atoms with E-state index in [9.17, 15) is 14.4 Å². The van der Waals surface area contributed by atoms with Crippen molar-refractivity contribution < 1.29 is 14.4 Å². The van der Waals surface area contributed by atoms with Gasteiger partial charge in [-0.1, -0.05) is 26.7 Å². The van der Waals surface area contributed by atoms with Crippen molar-refractivity contribution in [1.82, 2.24) is 10.2 Å². The molecule has 1 aliphatic heterocycles. The molecule has 3 amide bonds. The number of imide groups is 1. The zero-order valence-electron chi connectivity index (χ0n) is 13.6. The summed E-state index contributed by atoms with van der Waals surface area (Å²) in [5.41, 5.74) is 1.19. The van der Waals surface area contributed by atoms with Crippen molar-refractivity contribution in [1.29, 1.82) is 0 Å². The Kier molecular flexibility index (Phi) is 4.20. The van der Waals surface area contributed by atoms with Crippen LogP contribution in [0.25, 0.3) is 0 Å². The largest absolute Gasteiger partial charge is 0.349 e. The predicted octanol–water partition coefficient (Wildman–Crippen LogP) is 2.61. The van der Waals surface area contributed by atoms with E-state index in [4.69, 9.17) is 0 Å². The zero-order valence-corrected chi connectivity index (χ0v) is 13.6. The molecule has 1 fully saturated rings. The first-order valence-electron chi connectivity index (χ1n) is 8.28. The summed E-state index contributed by atoms with van der Waals surface area (Å²) >= 11 is 0. The third-order valence-electron chi connectivity index (χ3n) is 4.47. The van der Waals surface area contributed by atoms with Crippen molar-refractivity contribution in [2.75, 3.05) is 6.54 Å². The first-order chi connectivity index (χ1) is 11.0. The van der Waals surface area contributed by atoms with Crippen LogP contribution in [-0.2, 0) is 0 Å². The second kappa shape index (κ2) is 6.14. The molecule has 3 rings (SSSR count). The molecule has 0 radical (unpaired) electrons. The van der Waals surface area contributed by atoms with Crippen LogP contribution in [0.15, 0.2) is 18.2 Å². The Morgan fingerprint density at radius 1 is 1.17 bits per heavy atom. The number of rotatable bonds is 4. The predicted molar refractivity (Wildman–Crippen MR) is 86.4 cm³/mol. The Hall–Kier alpha value is -2.17. The molecule has 122 valence electrons. The van der Waals surface area contributed by atoms with E-state index in [1.54, 1.807) is 18.2 Å². The van der Waals surface area contributed by atoms with Gasteiger partial charge < -0.3 is 5.32 Å². The fourth-order valence-electron chi connectivity index (χ4n) is 3.30. The quantitative estimate of drug-likeness (QED) is 0.869. The molecule has 0 spiro atoms. The van der Waals surface area contributed by atoms with Gasteiger partial charge in [-0.25, -0.2) is 0 Å². The number of carbonyl (C=O) groups is 3. The Balaban J connectivity index is 1.80. The first-order valence-corrected chi connectivity index (χ1v) is 8.28. The topological polar surface area (TPSA) is 66.5 Å². The second-order valence-corrected chi connectivity index (χ2v) is 6.83. The van der Waals surface area contributed by atoms with Crippen molar-refractivity contribution >= 4 is 17.7 Å². The Morgan fingerprint density at radius 3 is 2.48 bits per heavy atom. The van der Waals surface area contributed by atoms with Crippen LogP contribution in [0.3, 0.4) is 0 Å². The van der Waals surface area contributed by atoms with Gasteiger partial charge in [0, 0.05) is 18.2 Å². The number of carbonyl (C=O) groups excluding carboxylic acids is 3. The van der Waals surface area contributed by atoms with Crippen molar-refractivity contribution in [2.24, 2.45) is 5.92 Å². The Morgan fingerprint density at radius 2 is 1.83 bits per heavy atom. The highest BCUT2D eigenvalue weighted by molar-refractivity contribution is 6.22. The highest BCUT2D eigenvalue weighted by Crippen LogP contribution is 2.25. The number of amides is 3. The molecular formula is C18H22N2O3. The van der Waals surface area contributed by atoms with E-state index in [1.807, 2.05) is 13.8 Å². The molecule has 1 heterocycles. The molecule has 5 heteroatoms. The SMILES string of the molecule is CC(C)CN1C(=O)c2ccc(C(=O)NC3CCCC3)cc2C1=O. The summed E-state index contributed by atoms with van der Waals surface area (Å²) in [5.74, 6) is -0.514. The lowest BCUT2D eigenvalue weighted by Crippen LogP contribution is -2.33. The summed E-state index contributed by atoms with van der Waals surface area (Å²) in [6.07, 6.45) is 4.31. The normalized spacial score (nSPS) is 18.0. The average molecular weight is 314 g/mol. The van der Waals surface area contributed by atoms with Gasteiger partial charge in [0.15, 0.2) is 0 Å². The number of hydrogen-bond acceptors (Lipinski definition) is 3. The molecule has 1 aromatic rings. The number of nitrogens with zero attached hydrogens (tertiary/aromatic N) is 1. The maximum Gasteiger partial charge on any atom is 0.261 e. The minimum atomic E-state index is -0.297. The average Bonchev–Trinajstić information content (AvgIpc) is 3.10. The van der Waals surface area contributed by atoms with Crippen LogP contribution in [0.2, 0.25) is 0 Å². The van der Waals surface area contributed by atoms with Gasteiger partial charge in [-0.15, -0.1) is 0 Å². The second-order valence-electron chi connectivity index (χ2n) is 6.83. The Bertz CT molecular complexity index is 660. The van der Waals surface area contributed by atoms with Crippen LogP contribution in [0.5, 0.6) is 0 Å². The fourth-order valence-corrected chi connectivity index (χ4v) is 3.30. The number of benzene rings is 1. The summed E-state index contributed by atoms with van der Waals surface area (Å²) in [4.78, 5) is 38.3. The zero-order chi connectivity index (χ0) is 16.6. The van der Waals surface area contributed by atoms with Gasteiger partial charge in [-0.05, 0) is 37.0 Å². The molecule has 2 aliphatic rings. The molecule has 1 saturated carbocycles. The lowest BCUT2D eigenvalue weighted by atomic mass is 10.0. The van der Waals surface area contributed by atoms with Crippen LogP contribution < -0.4 is 5.32 Å². The van der Waals surface area contributed by atoms with Crippen molar-refractivity contribution in [3.8, 4) is 0 Å². The van der Waals surface area contributed by atoms with Gasteiger partial charge in [-0.3, -0.25) is 19.3 Å². The van der Waals surface area contributed by atoms with E-state index in [1.165, 1.54) is 4.90 Å². The summed E-state index contributed by atoms with van der Waals surface area (Å²) in [6.45, 7) is 4.32. The molecule has 1 aliphatic carbocycles. The van der Waals surface area contributed by atoms with E-state index < -0.39 is 0 Å². The summed E-state index contributed by atoms with van der Waals surface area (Å²) in [6, 6.07) is 5.01. The van der Waals surface area contributed by atoms with Gasteiger partial charge in [0.05, 0.1) is 11.1 Å². The number of fused-ring (bicyclic) bond motifs is 1. The Labute approximate surface area is 136 Å². The maximum absolute atomic E-state index is 12.4. The molecule has 23 heavy (non-hydrogen) atoms. The summed E-state index contributed by atoms with van der Waals surface area (Å²) < 4.78 is 0. The standard InChI is InChI=1S/C18H22N2O3/c1-11(2)10-20-17(22)14-8-7-12(9-15(14)18(20)23)16(21)19-13-5-3-4-6-13/h7-9,11,13H,3-6,10H2,1-2H3,(H,19,21). The van der Waals surface area contributed by atoms with Crippen LogP contribution in [-0.4, -0.2) is 35.2 Å². The molecule has 0 atom stereocenters. The van der Waals surface area contributed by atoms with Gasteiger partial charge in [0.1, 0.15) is 0 Å². The summed E-state index contributed by atoms with van der Waals surface area (Å²) in [5, 5.41) is 3.01. The molecule has 0 bridgehead atoms. The van der Waals surface area contributed by atoms with Gasteiger partial charge in [0.25, 0.3) is 17.7 Å². The molecule has 1 N–H and O–H groups in total. The van der Waals surface area contributed by atoms with Crippen LogP contribution in [0, 0.1) is 5.92 Å². The van der Waals surface area contributed by atoms with Crippen LogP contribution >= 0.6 is 0 Å². The van der Waals surface area contributed by atoms with E-state index in [-0.39, 0.29) is 29.7 Å². The lowest BCUT2D eigenvalue weighted by molar-refractivity contribution is 0.0636. The van der Waals surface area contributed by atoms with E-state index in [0.29, 0.717) is 23.2 Å². The third-order valence-corrected chi connectivity index (χ3v) is 4.47. The molecule has 0 aromatic heterocycles. The lowest BCUT2D eigenvalue weighted by Gasteiger charge is -2.15.